The van der Waals surface area contributed by atoms with Crippen LogP contribution in [0.5, 0.6) is 0 Å². The Morgan fingerprint density at radius 2 is 1.62 bits per heavy atom. The second-order valence-corrected chi connectivity index (χ2v) is 4.96. The van der Waals surface area contributed by atoms with Gasteiger partial charge in [0.25, 0.3) is 0 Å². The van der Waals surface area contributed by atoms with E-state index in [4.69, 9.17) is 5.73 Å². The second-order valence-electron chi connectivity index (χ2n) is 4.96. The minimum Gasteiger partial charge on any atom is -0.330 e. The van der Waals surface area contributed by atoms with Crippen molar-refractivity contribution < 1.29 is 0 Å². The first-order valence-electron chi connectivity index (χ1n) is 6.45. The molecule has 1 atom stereocenters. The summed E-state index contributed by atoms with van der Waals surface area (Å²) in [5.74, 6) is 1.44. The van der Waals surface area contributed by atoms with Gasteiger partial charge in [-0.15, -0.1) is 0 Å². The maximum atomic E-state index is 5.67. The molecule has 2 N–H and O–H groups in total. The summed E-state index contributed by atoms with van der Waals surface area (Å²) in [4.78, 5) is 0. The van der Waals surface area contributed by atoms with Crippen molar-refractivity contribution in [1.82, 2.24) is 0 Å². The van der Waals surface area contributed by atoms with Gasteiger partial charge in [0, 0.05) is 0 Å². The van der Waals surface area contributed by atoms with E-state index in [-0.39, 0.29) is 0 Å². The number of aryl methyl sites for hydroxylation is 1. The van der Waals surface area contributed by atoms with E-state index in [1.165, 1.54) is 17.5 Å². The van der Waals surface area contributed by atoms with Gasteiger partial charge in [-0.1, -0.05) is 45.0 Å². The zero-order valence-electron chi connectivity index (χ0n) is 10.9. The fourth-order valence-corrected chi connectivity index (χ4v) is 2.10. The maximum absolute atomic E-state index is 5.67. The molecule has 1 rings (SSSR count). The lowest BCUT2D eigenvalue weighted by Crippen LogP contribution is -2.16. The Labute approximate surface area is 100 Å². The Morgan fingerprint density at radius 3 is 2.06 bits per heavy atom. The third-order valence-electron chi connectivity index (χ3n) is 3.41. The molecule has 1 unspecified atom stereocenters. The molecule has 0 amide bonds. The van der Waals surface area contributed by atoms with Crippen molar-refractivity contribution in [2.24, 2.45) is 17.6 Å². The van der Waals surface area contributed by atoms with E-state index >= 15 is 0 Å². The third kappa shape index (κ3) is 3.97. The fourth-order valence-electron chi connectivity index (χ4n) is 2.10. The van der Waals surface area contributed by atoms with Gasteiger partial charge in [-0.2, -0.15) is 0 Å². The largest absolute Gasteiger partial charge is 0.330 e. The lowest BCUT2D eigenvalue weighted by molar-refractivity contribution is 0.362. The van der Waals surface area contributed by atoms with Gasteiger partial charge in [0.2, 0.25) is 0 Å². The molecule has 0 saturated carbocycles. The van der Waals surface area contributed by atoms with Crippen LogP contribution in [0.15, 0.2) is 24.3 Å². The van der Waals surface area contributed by atoms with Crippen LogP contribution >= 0.6 is 0 Å². The summed E-state index contributed by atoms with van der Waals surface area (Å²) in [7, 11) is 0. The van der Waals surface area contributed by atoms with Gasteiger partial charge in [-0.25, -0.2) is 0 Å². The van der Waals surface area contributed by atoms with Crippen molar-refractivity contribution >= 4 is 0 Å². The smallest absolute Gasteiger partial charge is 0.00744 e. The van der Waals surface area contributed by atoms with E-state index in [1.54, 1.807) is 0 Å². The minimum atomic E-state index is 0.717. The highest BCUT2D eigenvalue weighted by Crippen LogP contribution is 2.20. The van der Waals surface area contributed by atoms with Crippen molar-refractivity contribution in [1.29, 1.82) is 0 Å². The summed E-state index contributed by atoms with van der Waals surface area (Å²) in [5.41, 5.74) is 8.54. The van der Waals surface area contributed by atoms with Crippen molar-refractivity contribution in [2.45, 2.75) is 40.0 Å². The first-order valence-corrected chi connectivity index (χ1v) is 6.45. The highest BCUT2D eigenvalue weighted by atomic mass is 14.5. The Bertz CT molecular complexity index is 287. The summed E-state index contributed by atoms with van der Waals surface area (Å²) in [6.07, 6.45) is 3.42. The van der Waals surface area contributed by atoms with Crippen LogP contribution in [0.1, 0.15) is 38.3 Å². The molecule has 1 nitrogen and oxygen atoms in total. The lowest BCUT2D eigenvalue weighted by Gasteiger charge is -2.20. The molecular formula is C15H25N. The normalized spacial score (nSPS) is 13.1. The predicted molar refractivity (Wildman–Crippen MR) is 71.5 cm³/mol. The molecule has 0 spiro atoms. The standard InChI is InChI=1S/C15H25N/c1-4-13-5-7-14(8-6-13)11-15(9-10-16)12(2)3/h5-8,12,15H,4,9-11,16H2,1-3H3. The molecule has 1 aromatic carbocycles. The fraction of sp³-hybridized carbons (Fsp3) is 0.600. The maximum Gasteiger partial charge on any atom is -0.00744 e. The van der Waals surface area contributed by atoms with Crippen LogP contribution < -0.4 is 5.73 Å². The summed E-state index contributed by atoms with van der Waals surface area (Å²) >= 11 is 0. The Hall–Kier alpha value is -0.820. The van der Waals surface area contributed by atoms with Crippen LogP contribution in [-0.4, -0.2) is 6.54 Å². The number of hydrogen-bond acceptors (Lipinski definition) is 1. The van der Waals surface area contributed by atoms with E-state index in [1.807, 2.05) is 0 Å². The number of nitrogens with two attached hydrogens (primary N) is 1. The van der Waals surface area contributed by atoms with Gasteiger partial charge in [-0.3, -0.25) is 0 Å². The SMILES string of the molecule is CCc1ccc(CC(CCN)C(C)C)cc1. The van der Waals surface area contributed by atoms with Gasteiger partial charge in [-0.05, 0) is 48.8 Å². The van der Waals surface area contributed by atoms with Gasteiger partial charge >= 0.3 is 0 Å². The van der Waals surface area contributed by atoms with Crippen LogP contribution in [0.4, 0.5) is 0 Å². The van der Waals surface area contributed by atoms with E-state index in [0.29, 0.717) is 0 Å². The van der Waals surface area contributed by atoms with Crippen LogP contribution in [0, 0.1) is 11.8 Å². The van der Waals surface area contributed by atoms with Gasteiger partial charge in [0.1, 0.15) is 0 Å². The molecule has 0 aromatic heterocycles. The molecule has 90 valence electrons. The average molecular weight is 219 g/mol. The molecule has 1 heteroatoms. The summed E-state index contributed by atoms with van der Waals surface area (Å²) in [6.45, 7) is 7.58. The molecule has 0 bridgehead atoms. The van der Waals surface area contributed by atoms with Gasteiger partial charge < -0.3 is 5.73 Å². The summed E-state index contributed by atoms with van der Waals surface area (Å²) in [5, 5.41) is 0. The lowest BCUT2D eigenvalue weighted by atomic mass is 9.86. The average Bonchev–Trinajstić information content (AvgIpc) is 2.29. The van der Waals surface area contributed by atoms with Crippen molar-refractivity contribution in [3.63, 3.8) is 0 Å². The minimum absolute atomic E-state index is 0.717. The zero-order valence-corrected chi connectivity index (χ0v) is 10.9. The van der Waals surface area contributed by atoms with Gasteiger partial charge in [0.05, 0.1) is 0 Å². The third-order valence-corrected chi connectivity index (χ3v) is 3.41. The molecule has 0 heterocycles. The molecule has 0 saturated heterocycles. The zero-order chi connectivity index (χ0) is 12.0. The van der Waals surface area contributed by atoms with E-state index in [0.717, 1.165) is 31.2 Å². The molecule has 0 aliphatic carbocycles. The highest BCUT2D eigenvalue weighted by molar-refractivity contribution is 5.22. The number of rotatable bonds is 6. The van der Waals surface area contributed by atoms with E-state index in [2.05, 4.69) is 45.0 Å². The molecule has 1 aromatic rings. The van der Waals surface area contributed by atoms with Crippen LogP contribution in [0.2, 0.25) is 0 Å². The van der Waals surface area contributed by atoms with Crippen LogP contribution in [0.25, 0.3) is 0 Å². The quantitative estimate of drug-likeness (QED) is 0.779. The Morgan fingerprint density at radius 1 is 1.06 bits per heavy atom. The van der Waals surface area contributed by atoms with Crippen molar-refractivity contribution in [2.75, 3.05) is 6.54 Å². The van der Waals surface area contributed by atoms with Crippen LogP contribution in [-0.2, 0) is 12.8 Å². The summed E-state index contributed by atoms with van der Waals surface area (Å²) < 4.78 is 0. The first kappa shape index (κ1) is 13.2. The molecule has 0 aliphatic rings. The van der Waals surface area contributed by atoms with Gasteiger partial charge in [0.15, 0.2) is 0 Å². The topological polar surface area (TPSA) is 26.0 Å². The monoisotopic (exact) mass is 219 g/mol. The molecule has 0 radical (unpaired) electrons. The second kappa shape index (κ2) is 6.70. The molecule has 0 fully saturated rings. The van der Waals surface area contributed by atoms with Crippen molar-refractivity contribution in [3.05, 3.63) is 35.4 Å². The van der Waals surface area contributed by atoms with Crippen molar-refractivity contribution in [3.8, 4) is 0 Å². The van der Waals surface area contributed by atoms with E-state index < -0.39 is 0 Å². The first-order chi connectivity index (χ1) is 7.67. The predicted octanol–water partition coefficient (Wildman–Crippen LogP) is 3.41. The van der Waals surface area contributed by atoms with E-state index in [9.17, 15) is 0 Å². The molecular weight excluding hydrogens is 194 g/mol. The highest BCUT2D eigenvalue weighted by Gasteiger charge is 2.12. The Balaban J connectivity index is 2.62. The van der Waals surface area contributed by atoms with Crippen LogP contribution in [0.3, 0.4) is 0 Å². The summed E-state index contributed by atoms with van der Waals surface area (Å²) in [6, 6.07) is 9.03. The number of hydrogen-bond donors (Lipinski definition) is 1. The number of benzene rings is 1. The molecule has 16 heavy (non-hydrogen) atoms. The molecule has 0 aliphatic heterocycles. The Kier molecular flexibility index (Phi) is 5.54.